The van der Waals surface area contributed by atoms with Gasteiger partial charge in [-0.25, -0.2) is 0 Å². The molecule has 0 aromatic rings. The minimum atomic E-state index is 0.244. The van der Waals surface area contributed by atoms with Crippen LogP contribution < -0.4 is 5.32 Å². The summed E-state index contributed by atoms with van der Waals surface area (Å²) in [6.07, 6.45) is 3.97. The number of rotatable bonds is 5. The van der Waals surface area contributed by atoms with Crippen molar-refractivity contribution in [1.82, 2.24) is 10.2 Å². The van der Waals surface area contributed by atoms with Gasteiger partial charge in [-0.1, -0.05) is 20.3 Å². The van der Waals surface area contributed by atoms with E-state index < -0.39 is 0 Å². The van der Waals surface area contributed by atoms with Crippen LogP contribution in [0.2, 0.25) is 0 Å². The van der Waals surface area contributed by atoms with Crippen LogP contribution in [0.5, 0.6) is 0 Å². The number of aliphatic hydroxyl groups is 1. The van der Waals surface area contributed by atoms with Gasteiger partial charge in [-0.3, -0.25) is 0 Å². The van der Waals surface area contributed by atoms with Crippen LogP contribution in [0.1, 0.15) is 33.1 Å². The molecule has 0 aromatic heterocycles. The molecule has 3 heteroatoms. The van der Waals surface area contributed by atoms with Crippen molar-refractivity contribution >= 4 is 0 Å². The Morgan fingerprint density at radius 1 is 1.40 bits per heavy atom. The number of piperidine rings is 1. The zero-order valence-electron chi connectivity index (χ0n) is 10.4. The first-order valence-electron chi connectivity index (χ1n) is 6.19. The number of hydrogen-bond donors (Lipinski definition) is 2. The molecule has 0 aromatic carbocycles. The third-order valence-corrected chi connectivity index (χ3v) is 3.54. The Morgan fingerprint density at radius 2 is 2.13 bits per heavy atom. The molecule has 15 heavy (non-hydrogen) atoms. The third-order valence-electron chi connectivity index (χ3n) is 3.54. The lowest BCUT2D eigenvalue weighted by Gasteiger charge is -2.34. The number of hydrogen-bond acceptors (Lipinski definition) is 3. The van der Waals surface area contributed by atoms with Gasteiger partial charge in [-0.15, -0.1) is 0 Å². The van der Waals surface area contributed by atoms with E-state index in [0.717, 1.165) is 6.54 Å². The van der Waals surface area contributed by atoms with Crippen molar-refractivity contribution in [3.63, 3.8) is 0 Å². The Bertz CT molecular complexity index is 173. The molecule has 1 fully saturated rings. The Balaban J connectivity index is 2.27. The summed E-state index contributed by atoms with van der Waals surface area (Å²) in [5, 5.41) is 12.7. The molecule has 2 unspecified atom stereocenters. The molecule has 1 aliphatic rings. The van der Waals surface area contributed by atoms with Crippen molar-refractivity contribution in [3.05, 3.63) is 0 Å². The second-order valence-electron chi connectivity index (χ2n) is 5.07. The monoisotopic (exact) mass is 214 g/mol. The summed E-state index contributed by atoms with van der Waals surface area (Å²) in [7, 11) is 2.20. The molecule has 1 rings (SSSR count). The molecule has 1 saturated heterocycles. The molecule has 0 bridgehead atoms. The van der Waals surface area contributed by atoms with E-state index in [1.807, 2.05) is 0 Å². The smallest absolute Gasteiger partial charge is 0.0587 e. The van der Waals surface area contributed by atoms with Crippen LogP contribution in [0, 0.1) is 5.92 Å². The normalized spacial score (nSPS) is 25.8. The van der Waals surface area contributed by atoms with Gasteiger partial charge in [0.2, 0.25) is 0 Å². The number of likely N-dealkylation sites (tertiary alicyclic amines) is 1. The number of nitrogens with one attached hydrogen (secondary N) is 1. The summed E-state index contributed by atoms with van der Waals surface area (Å²) < 4.78 is 0. The highest BCUT2D eigenvalue weighted by molar-refractivity contribution is 4.79. The third kappa shape index (κ3) is 4.09. The molecule has 1 aliphatic heterocycles. The van der Waals surface area contributed by atoms with Crippen molar-refractivity contribution in [2.24, 2.45) is 5.92 Å². The highest BCUT2D eigenvalue weighted by atomic mass is 16.3. The number of nitrogens with zero attached hydrogens (tertiary/aromatic N) is 1. The van der Waals surface area contributed by atoms with Gasteiger partial charge < -0.3 is 15.3 Å². The second-order valence-corrected chi connectivity index (χ2v) is 5.07. The molecule has 90 valence electrons. The van der Waals surface area contributed by atoms with Crippen molar-refractivity contribution < 1.29 is 5.11 Å². The average molecular weight is 214 g/mol. The fourth-order valence-electron chi connectivity index (χ4n) is 2.20. The zero-order valence-corrected chi connectivity index (χ0v) is 10.4. The molecule has 3 nitrogen and oxygen atoms in total. The van der Waals surface area contributed by atoms with Crippen molar-refractivity contribution in [1.29, 1.82) is 0 Å². The van der Waals surface area contributed by atoms with Crippen molar-refractivity contribution in [3.8, 4) is 0 Å². The maximum atomic E-state index is 9.22. The van der Waals surface area contributed by atoms with Gasteiger partial charge in [0, 0.05) is 18.6 Å². The Hall–Kier alpha value is -0.120. The largest absolute Gasteiger partial charge is 0.395 e. The Morgan fingerprint density at radius 3 is 2.67 bits per heavy atom. The molecular formula is C12H26N2O. The lowest BCUT2D eigenvalue weighted by molar-refractivity contribution is 0.157. The van der Waals surface area contributed by atoms with Crippen LogP contribution in [0.25, 0.3) is 0 Å². The Labute approximate surface area is 93.9 Å². The maximum absolute atomic E-state index is 9.22. The van der Waals surface area contributed by atoms with Gasteiger partial charge in [0.15, 0.2) is 0 Å². The van der Waals surface area contributed by atoms with Gasteiger partial charge in [0.1, 0.15) is 0 Å². The number of likely N-dealkylation sites (N-methyl/N-ethyl adjacent to an activating group) is 1. The average Bonchev–Trinajstić information content (AvgIpc) is 2.21. The minimum absolute atomic E-state index is 0.244. The predicted molar refractivity (Wildman–Crippen MR) is 64.0 cm³/mol. The summed E-state index contributed by atoms with van der Waals surface area (Å²) >= 11 is 0. The SMILES string of the molecule is CC(C)C(CO)NCC1CCCCN1C. The van der Waals surface area contributed by atoms with Crippen LogP contribution in [-0.4, -0.2) is 48.8 Å². The summed E-state index contributed by atoms with van der Waals surface area (Å²) in [5.74, 6) is 0.504. The van der Waals surface area contributed by atoms with E-state index in [0.29, 0.717) is 12.0 Å². The van der Waals surface area contributed by atoms with E-state index in [-0.39, 0.29) is 12.6 Å². The molecule has 0 amide bonds. The van der Waals surface area contributed by atoms with Gasteiger partial charge in [-0.05, 0) is 32.4 Å². The fourth-order valence-corrected chi connectivity index (χ4v) is 2.20. The maximum Gasteiger partial charge on any atom is 0.0587 e. The molecule has 1 heterocycles. The molecule has 0 radical (unpaired) electrons. The summed E-state index contributed by atoms with van der Waals surface area (Å²) in [6.45, 7) is 6.78. The molecule has 2 N–H and O–H groups in total. The highest BCUT2D eigenvalue weighted by Crippen LogP contribution is 2.14. The van der Waals surface area contributed by atoms with Gasteiger partial charge >= 0.3 is 0 Å². The first-order chi connectivity index (χ1) is 7.15. The molecule has 0 aliphatic carbocycles. The van der Waals surface area contributed by atoms with E-state index in [1.165, 1.54) is 25.8 Å². The summed E-state index contributed by atoms with van der Waals surface area (Å²) in [5.41, 5.74) is 0. The molecular weight excluding hydrogens is 188 g/mol. The quantitative estimate of drug-likeness (QED) is 0.719. The second kappa shape index (κ2) is 6.46. The van der Waals surface area contributed by atoms with E-state index >= 15 is 0 Å². The van der Waals surface area contributed by atoms with E-state index in [4.69, 9.17) is 0 Å². The van der Waals surface area contributed by atoms with Crippen LogP contribution in [-0.2, 0) is 0 Å². The minimum Gasteiger partial charge on any atom is -0.395 e. The Kier molecular flexibility index (Phi) is 5.58. The molecule has 0 spiro atoms. The predicted octanol–water partition coefficient (Wildman–Crippen LogP) is 1.08. The topological polar surface area (TPSA) is 35.5 Å². The van der Waals surface area contributed by atoms with Crippen molar-refractivity contribution in [2.75, 3.05) is 26.7 Å². The van der Waals surface area contributed by atoms with Crippen molar-refractivity contribution in [2.45, 2.75) is 45.2 Å². The first kappa shape index (κ1) is 12.9. The van der Waals surface area contributed by atoms with Crippen LogP contribution >= 0.6 is 0 Å². The van der Waals surface area contributed by atoms with E-state index in [1.54, 1.807) is 0 Å². The lowest BCUT2D eigenvalue weighted by Crippen LogP contribution is -2.47. The fraction of sp³-hybridized carbons (Fsp3) is 1.00. The summed E-state index contributed by atoms with van der Waals surface area (Å²) in [4.78, 5) is 2.44. The molecule has 2 atom stereocenters. The van der Waals surface area contributed by atoms with E-state index in [9.17, 15) is 5.11 Å². The van der Waals surface area contributed by atoms with Gasteiger partial charge in [0.25, 0.3) is 0 Å². The standard InChI is InChI=1S/C12H26N2O/c1-10(2)12(9-15)13-8-11-6-4-5-7-14(11)3/h10-13,15H,4-9H2,1-3H3. The summed E-state index contributed by atoms with van der Waals surface area (Å²) in [6, 6.07) is 0.909. The van der Waals surface area contributed by atoms with Gasteiger partial charge in [0.05, 0.1) is 6.61 Å². The highest BCUT2D eigenvalue weighted by Gasteiger charge is 2.20. The van der Waals surface area contributed by atoms with Crippen LogP contribution in [0.15, 0.2) is 0 Å². The van der Waals surface area contributed by atoms with E-state index in [2.05, 4.69) is 31.1 Å². The van der Waals surface area contributed by atoms with Crippen LogP contribution in [0.3, 0.4) is 0 Å². The zero-order chi connectivity index (χ0) is 11.3. The van der Waals surface area contributed by atoms with Crippen LogP contribution in [0.4, 0.5) is 0 Å². The lowest BCUT2D eigenvalue weighted by atomic mass is 10.0. The van der Waals surface area contributed by atoms with Gasteiger partial charge in [-0.2, -0.15) is 0 Å². The number of aliphatic hydroxyl groups excluding tert-OH is 1. The first-order valence-corrected chi connectivity index (χ1v) is 6.19. The molecule has 0 saturated carbocycles.